The molecule has 0 saturated carbocycles. The Labute approximate surface area is 302 Å². The molecule has 2 unspecified atom stereocenters. The summed E-state index contributed by atoms with van der Waals surface area (Å²) in [5, 5.41) is 26.0. The van der Waals surface area contributed by atoms with Crippen molar-refractivity contribution in [3.63, 3.8) is 0 Å². The fourth-order valence-corrected chi connectivity index (χ4v) is 4.78. The van der Waals surface area contributed by atoms with E-state index in [4.69, 9.17) is 36.8 Å². The van der Waals surface area contributed by atoms with Gasteiger partial charge in [0.25, 0.3) is 0 Å². The first-order valence-corrected chi connectivity index (χ1v) is 18.9. The number of nitrogens with zero attached hydrogens (tertiary/aromatic N) is 4. The molecule has 6 N–H and O–H groups in total. The summed E-state index contributed by atoms with van der Waals surface area (Å²) in [6, 6.07) is 5.37. The van der Waals surface area contributed by atoms with Crippen molar-refractivity contribution in [3.8, 4) is 17.2 Å². The Bertz CT molecular complexity index is 1660. The molecular formula is C30H42ClF3N7O8PS. The number of ether oxygens (including phenoxy) is 2. The van der Waals surface area contributed by atoms with E-state index >= 15 is 0 Å². The molecule has 0 fully saturated rings. The van der Waals surface area contributed by atoms with Crippen LogP contribution in [0.25, 0.3) is 0 Å². The van der Waals surface area contributed by atoms with E-state index in [1.165, 1.54) is 36.6 Å². The highest BCUT2D eigenvalue weighted by atomic mass is 35.5. The monoisotopic (exact) mass is 783 g/mol. The van der Waals surface area contributed by atoms with Crippen LogP contribution in [0.15, 0.2) is 41.6 Å². The van der Waals surface area contributed by atoms with Crippen molar-refractivity contribution < 1.29 is 46.9 Å². The number of nitro groups is 1. The van der Waals surface area contributed by atoms with Crippen LogP contribution in [-0.2, 0) is 15.5 Å². The fourth-order valence-electron chi connectivity index (χ4n) is 3.45. The molecule has 0 aliphatic rings. The van der Waals surface area contributed by atoms with E-state index in [1.54, 1.807) is 6.92 Å². The quantitative estimate of drug-likeness (QED) is 0.0493. The molecule has 1 aromatic heterocycles. The maximum atomic E-state index is 12.6. The van der Waals surface area contributed by atoms with Gasteiger partial charge in [-0.05, 0) is 71.6 Å². The molecule has 0 amide bonds. The number of nitrogens with two attached hydrogens (primary N) is 1. The second-order valence-electron chi connectivity index (χ2n) is 11.4. The van der Waals surface area contributed by atoms with Crippen LogP contribution in [-0.4, -0.2) is 79.7 Å². The first-order chi connectivity index (χ1) is 23.5. The largest absolute Gasteiger partial charge is 0.487 e. The molecule has 2 atom stereocenters. The zero-order valence-corrected chi connectivity index (χ0v) is 31.4. The summed E-state index contributed by atoms with van der Waals surface area (Å²) in [6.07, 6.45) is -2.57. The van der Waals surface area contributed by atoms with E-state index in [-0.39, 0.29) is 52.7 Å². The van der Waals surface area contributed by atoms with Crippen LogP contribution in [0.5, 0.6) is 17.2 Å². The number of nitrogens with one attached hydrogen (secondary N) is 2. The van der Waals surface area contributed by atoms with E-state index in [2.05, 4.69) is 46.4 Å². The van der Waals surface area contributed by atoms with Crippen LogP contribution < -0.4 is 25.8 Å². The smallest absolute Gasteiger partial charge is 0.416 e. The zero-order chi connectivity index (χ0) is 39.2. The Hall–Kier alpha value is -3.90. The van der Waals surface area contributed by atoms with Crippen molar-refractivity contribution in [2.45, 2.75) is 64.0 Å². The average Bonchev–Trinajstić information content (AvgIpc) is 3.00. The highest BCUT2D eigenvalue weighted by molar-refractivity contribution is 7.98. The van der Waals surface area contributed by atoms with Crippen molar-refractivity contribution in [2.75, 3.05) is 42.9 Å². The molecule has 0 bridgehead atoms. The van der Waals surface area contributed by atoms with Crippen molar-refractivity contribution in [1.29, 1.82) is 0 Å². The van der Waals surface area contributed by atoms with Gasteiger partial charge in [-0.15, -0.1) is 0 Å². The number of anilines is 2. The van der Waals surface area contributed by atoms with Crippen molar-refractivity contribution in [1.82, 2.24) is 15.0 Å². The molecule has 51 heavy (non-hydrogen) atoms. The Morgan fingerprint density at radius 1 is 1.12 bits per heavy atom. The number of carbonyl (C=O) groups is 1. The van der Waals surface area contributed by atoms with Crippen LogP contribution in [0.1, 0.15) is 46.6 Å². The van der Waals surface area contributed by atoms with Gasteiger partial charge in [-0.2, -0.15) is 28.1 Å². The van der Waals surface area contributed by atoms with Crippen LogP contribution in [0.4, 0.5) is 30.8 Å². The number of alkyl halides is 3. The highest BCUT2D eigenvalue weighted by Crippen LogP contribution is 2.39. The molecule has 2 aromatic carbocycles. The molecule has 0 saturated heterocycles. The average molecular weight is 784 g/mol. The molecule has 21 heteroatoms. The number of aliphatic carboxylic acids is 1. The van der Waals surface area contributed by atoms with Gasteiger partial charge in [-0.25, -0.2) is 0 Å². The normalized spacial score (nSPS) is 12.9. The van der Waals surface area contributed by atoms with E-state index in [0.717, 1.165) is 29.9 Å². The van der Waals surface area contributed by atoms with Gasteiger partial charge in [-0.3, -0.25) is 19.5 Å². The number of hydrogen-bond donors (Lipinski definition) is 5. The fraction of sp³-hybridized carbons (Fsp3) is 0.467. The number of carboxylic acid groups (broad SMARTS) is 1. The summed E-state index contributed by atoms with van der Waals surface area (Å²) < 4.78 is 59.0. The predicted octanol–water partition coefficient (Wildman–Crippen LogP) is 7.38. The van der Waals surface area contributed by atoms with E-state index in [1.807, 2.05) is 13.2 Å². The lowest BCUT2D eigenvalue weighted by Gasteiger charge is -2.20. The number of hydrogen-bond acceptors (Lipinski definition) is 13. The van der Waals surface area contributed by atoms with Gasteiger partial charge >= 0.3 is 17.8 Å². The van der Waals surface area contributed by atoms with Gasteiger partial charge in [0, 0.05) is 37.0 Å². The number of rotatable bonds is 13. The Morgan fingerprint density at radius 2 is 1.75 bits per heavy atom. The molecule has 1 heterocycles. The maximum Gasteiger partial charge on any atom is 0.416 e. The minimum Gasteiger partial charge on any atom is -0.487 e. The topological polar surface area (TPSA) is 225 Å². The van der Waals surface area contributed by atoms with Crippen molar-refractivity contribution in [2.24, 2.45) is 5.73 Å². The SMILES string of the molecule is CCNc1nc(NC(C)(C)C)nc(SC)n1.CCOc1cc(Oc2ccc(C(F)(F)F)cc2Cl)ccc1[N+](=O)[O-].CP(=O)(O)CCC(N)C(=O)O. The standard InChI is InChI=1S/C15H11ClF3NO4.C10H19N5S.C5H12NO4P/c1-2-23-14-8-10(4-5-12(14)20(21)22)24-13-6-3-9(7-11(13)16)15(17,18)19;1-6-11-7-12-8(15-10(2,3)4)14-9(13-7)16-5;1-11(9,10)3-2-4(6)5(7)8/h3-8H,2H2,1H3;6H2,1-5H3,(H2,11,12,13,14,15);4H,2-3,6H2,1H3,(H,7,8)(H,9,10). The van der Waals surface area contributed by atoms with E-state index in [0.29, 0.717) is 11.9 Å². The van der Waals surface area contributed by atoms with E-state index in [9.17, 15) is 32.6 Å². The summed E-state index contributed by atoms with van der Waals surface area (Å²) in [7, 11) is -3.10. The zero-order valence-electron chi connectivity index (χ0n) is 28.9. The number of halogens is 4. The van der Waals surface area contributed by atoms with Gasteiger partial charge < -0.3 is 35.8 Å². The summed E-state index contributed by atoms with van der Waals surface area (Å²) in [6.45, 7) is 12.1. The number of aromatic nitrogens is 3. The van der Waals surface area contributed by atoms with Crippen LogP contribution in [0.2, 0.25) is 5.02 Å². The third kappa shape index (κ3) is 17.7. The molecular weight excluding hydrogens is 742 g/mol. The highest BCUT2D eigenvalue weighted by Gasteiger charge is 2.31. The molecule has 0 aliphatic heterocycles. The van der Waals surface area contributed by atoms with Gasteiger partial charge in [0.2, 0.25) is 17.6 Å². The van der Waals surface area contributed by atoms with Crippen LogP contribution >= 0.6 is 30.7 Å². The molecule has 0 spiro atoms. The minimum atomic E-state index is -4.52. The van der Waals surface area contributed by atoms with Gasteiger partial charge in [0.1, 0.15) is 17.5 Å². The number of nitro benzene ring substituents is 1. The van der Waals surface area contributed by atoms with Gasteiger partial charge in [0.05, 0.1) is 22.1 Å². The lowest BCUT2D eigenvalue weighted by atomic mass is 10.1. The summed E-state index contributed by atoms with van der Waals surface area (Å²) in [5.41, 5.74) is 3.89. The minimum absolute atomic E-state index is 0.0111. The van der Waals surface area contributed by atoms with Crippen LogP contribution in [0, 0.1) is 10.1 Å². The van der Waals surface area contributed by atoms with Crippen molar-refractivity contribution >= 4 is 54.3 Å². The van der Waals surface area contributed by atoms with Crippen molar-refractivity contribution in [3.05, 3.63) is 57.1 Å². The Balaban J connectivity index is 0.000000416. The first-order valence-electron chi connectivity index (χ1n) is 15.0. The molecule has 0 aliphatic carbocycles. The number of thioether (sulfide) groups is 1. The number of carboxylic acids is 1. The van der Waals surface area contributed by atoms with Gasteiger partial charge in [-0.1, -0.05) is 23.4 Å². The summed E-state index contributed by atoms with van der Waals surface area (Å²) in [5.74, 6) is 0.213. The summed E-state index contributed by atoms with van der Waals surface area (Å²) >= 11 is 7.31. The second-order valence-corrected chi connectivity index (χ2v) is 15.2. The van der Waals surface area contributed by atoms with Gasteiger partial charge in [0.15, 0.2) is 12.5 Å². The third-order valence-corrected chi connectivity index (χ3v) is 7.64. The lowest BCUT2D eigenvalue weighted by molar-refractivity contribution is -0.385. The Morgan fingerprint density at radius 3 is 2.22 bits per heavy atom. The molecule has 0 radical (unpaired) electrons. The molecule has 3 aromatic rings. The Kier molecular flexibility index (Phi) is 17.9. The maximum absolute atomic E-state index is 12.6. The first kappa shape index (κ1) is 45.1. The second kappa shape index (κ2) is 20.2. The predicted molar refractivity (Wildman–Crippen MR) is 191 cm³/mol. The van der Waals surface area contributed by atoms with E-state index < -0.39 is 36.0 Å². The summed E-state index contributed by atoms with van der Waals surface area (Å²) in [4.78, 5) is 42.0. The molecule has 15 nitrogen and oxygen atoms in total. The van der Waals surface area contributed by atoms with Crippen LogP contribution in [0.3, 0.4) is 0 Å². The molecule has 3 rings (SSSR count). The lowest BCUT2D eigenvalue weighted by Crippen LogP contribution is -2.30. The number of benzene rings is 2. The third-order valence-electron chi connectivity index (χ3n) is 5.71. The molecule has 284 valence electrons.